The fourth-order valence-electron chi connectivity index (χ4n) is 5.95. The first kappa shape index (κ1) is 31.2. The topological polar surface area (TPSA) is 135 Å². The number of non-ortho nitro benzene ring substituents is 1. The molecule has 3 unspecified atom stereocenters. The van der Waals surface area contributed by atoms with Gasteiger partial charge in [-0.1, -0.05) is 35.2 Å². The van der Waals surface area contributed by atoms with Gasteiger partial charge in [0.1, 0.15) is 17.6 Å². The summed E-state index contributed by atoms with van der Waals surface area (Å²) < 4.78 is 14.7. The van der Waals surface area contributed by atoms with Crippen LogP contribution < -0.4 is 20.0 Å². The Kier molecular flexibility index (Phi) is 8.49. The highest BCUT2D eigenvalue weighted by molar-refractivity contribution is 8.00. The summed E-state index contributed by atoms with van der Waals surface area (Å²) in [6.45, 7) is 5.34. The maximum atomic E-state index is 14.1. The summed E-state index contributed by atoms with van der Waals surface area (Å²) in [6, 6.07) is 18.1. The normalized spacial score (nSPS) is 18.7. The van der Waals surface area contributed by atoms with Crippen LogP contribution in [0.5, 0.6) is 0 Å². The summed E-state index contributed by atoms with van der Waals surface area (Å²) in [6.07, 6.45) is 0. The number of imide groups is 1. The lowest BCUT2D eigenvalue weighted by Crippen LogP contribution is -2.33. The zero-order valence-electron chi connectivity index (χ0n) is 24.7. The van der Waals surface area contributed by atoms with Gasteiger partial charge in [-0.15, -0.1) is 0 Å². The number of benzene rings is 3. The van der Waals surface area contributed by atoms with Crippen LogP contribution in [0.15, 0.2) is 82.6 Å². The van der Waals surface area contributed by atoms with Crippen LogP contribution in [0.3, 0.4) is 0 Å². The van der Waals surface area contributed by atoms with Crippen molar-refractivity contribution in [2.45, 2.75) is 36.6 Å². The second-order valence-corrected chi connectivity index (χ2v) is 12.9. The second kappa shape index (κ2) is 12.5. The first-order valence-corrected chi connectivity index (χ1v) is 16.2. The third-order valence-corrected chi connectivity index (χ3v) is 10.8. The molecule has 4 aromatic rings. The Morgan fingerprint density at radius 1 is 0.957 bits per heavy atom. The lowest BCUT2D eigenvalue weighted by atomic mass is 9.83. The van der Waals surface area contributed by atoms with Gasteiger partial charge in [0.25, 0.3) is 5.69 Å². The Labute approximate surface area is 270 Å². The Balaban J connectivity index is 1.40. The first-order chi connectivity index (χ1) is 22.1. The number of thioether (sulfide) groups is 1. The molecule has 236 valence electrons. The van der Waals surface area contributed by atoms with Gasteiger partial charge in [0.15, 0.2) is 0 Å². The van der Waals surface area contributed by atoms with Gasteiger partial charge >= 0.3 is 4.87 Å². The molecule has 0 bridgehead atoms. The van der Waals surface area contributed by atoms with Crippen LogP contribution in [0, 0.1) is 21.8 Å². The van der Waals surface area contributed by atoms with Crippen molar-refractivity contribution in [1.29, 1.82) is 0 Å². The van der Waals surface area contributed by atoms with Crippen molar-refractivity contribution >= 4 is 63.6 Å². The van der Waals surface area contributed by atoms with Gasteiger partial charge in [0.2, 0.25) is 17.7 Å². The molecule has 3 aromatic carbocycles. The van der Waals surface area contributed by atoms with Gasteiger partial charge in [0.05, 0.1) is 21.6 Å². The van der Waals surface area contributed by atoms with Crippen LogP contribution >= 0.6 is 23.1 Å². The molecule has 11 nitrogen and oxygen atoms in total. The number of carbonyl (C=O) groups is 3. The number of anilines is 3. The summed E-state index contributed by atoms with van der Waals surface area (Å²) >= 11 is 2.01. The lowest BCUT2D eigenvalue weighted by molar-refractivity contribution is -0.384. The van der Waals surface area contributed by atoms with Crippen molar-refractivity contribution in [3.63, 3.8) is 0 Å². The number of rotatable bonds is 9. The van der Waals surface area contributed by atoms with Crippen LogP contribution in [0.1, 0.15) is 30.2 Å². The molecule has 46 heavy (non-hydrogen) atoms. The van der Waals surface area contributed by atoms with E-state index >= 15 is 0 Å². The Hall–Kier alpha value is -4.82. The van der Waals surface area contributed by atoms with E-state index in [4.69, 9.17) is 0 Å². The predicted octanol–water partition coefficient (Wildman–Crippen LogP) is 5.24. The fourth-order valence-corrected chi connectivity index (χ4v) is 8.72. The van der Waals surface area contributed by atoms with E-state index in [2.05, 4.69) is 24.1 Å². The maximum Gasteiger partial charge on any atom is 0.308 e. The summed E-state index contributed by atoms with van der Waals surface area (Å²) in [7, 11) is 0. The van der Waals surface area contributed by atoms with Gasteiger partial charge < -0.3 is 10.2 Å². The molecule has 0 radical (unpaired) electrons. The number of nitrogens with one attached hydrogen (secondary N) is 1. The van der Waals surface area contributed by atoms with E-state index in [0.29, 0.717) is 15.6 Å². The molecule has 0 spiro atoms. The number of hydrogen-bond donors (Lipinski definition) is 1. The van der Waals surface area contributed by atoms with Crippen molar-refractivity contribution < 1.29 is 23.7 Å². The summed E-state index contributed by atoms with van der Waals surface area (Å²) in [5, 5.41) is 13.4. The molecule has 1 N–H and O–H groups in total. The monoisotopic (exact) mass is 661 g/mol. The molecule has 0 saturated carbocycles. The molecule has 14 heteroatoms. The number of nitro benzene ring substituents is 1. The Morgan fingerprint density at radius 3 is 2.22 bits per heavy atom. The Morgan fingerprint density at radius 2 is 1.61 bits per heavy atom. The highest BCUT2D eigenvalue weighted by Crippen LogP contribution is 2.54. The standard InChI is InChI=1S/C32H28FN5O6S2/c1-3-35(4-2)21-11-5-18(6-12-21)25-26-27(30(41)37(29(26)40)22-13-15-23(16-14-22)38(43)44)45-31-28(25)46-32(42)36(31)17-24(39)34-20-9-7-19(33)8-10-20/h5-16,25-27H,3-4,17H2,1-2H3,(H,34,39). The Bertz CT molecular complexity index is 1890. The maximum absolute atomic E-state index is 14.1. The molecule has 3 atom stereocenters. The zero-order valence-corrected chi connectivity index (χ0v) is 26.3. The number of nitro groups is 1. The average Bonchev–Trinajstić information content (AvgIpc) is 3.49. The van der Waals surface area contributed by atoms with E-state index in [9.17, 15) is 33.7 Å². The third-order valence-electron chi connectivity index (χ3n) is 8.18. The van der Waals surface area contributed by atoms with E-state index in [1.807, 2.05) is 24.3 Å². The molecular formula is C32H28FN5O6S2. The molecule has 0 aliphatic carbocycles. The summed E-state index contributed by atoms with van der Waals surface area (Å²) in [5.41, 5.74) is 2.12. The van der Waals surface area contributed by atoms with Crippen LogP contribution in [0.4, 0.5) is 27.1 Å². The van der Waals surface area contributed by atoms with Gasteiger partial charge in [-0.05, 0) is 67.9 Å². The van der Waals surface area contributed by atoms with Crippen LogP contribution in [-0.4, -0.2) is 45.6 Å². The van der Waals surface area contributed by atoms with E-state index in [1.165, 1.54) is 53.1 Å². The highest BCUT2D eigenvalue weighted by Gasteiger charge is 2.56. The number of fused-ring (bicyclic) bond motifs is 2. The number of aromatic nitrogens is 1. The number of carbonyl (C=O) groups excluding carboxylic acids is 3. The first-order valence-electron chi connectivity index (χ1n) is 14.5. The van der Waals surface area contributed by atoms with Crippen LogP contribution in [0.25, 0.3) is 0 Å². The van der Waals surface area contributed by atoms with Crippen molar-refractivity contribution in [1.82, 2.24) is 4.57 Å². The summed E-state index contributed by atoms with van der Waals surface area (Å²) in [4.78, 5) is 68.5. The van der Waals surface area contributed by atoms with Crippen molar-refractivity contribution in [3.8, 4) is 0 Å². The molecule has 3 heterocycles. The van der Waals surface area contributed by atoms with Crippen molar-refractivity contribution in [3.05, 3.63) is 109 Å². The van der Waals surface area contributed by atoms with E-state index in [1.54, 1.807) is 0 Å². The number of hydrogen-bond acceptors (Lipinski definition) is 9. The molecule has 3 amide bonds. The van der Waals surface area contributed by atoms with Gasteiger partial charge in [-0.25, -0.2) is 9.29 Å². The van der Waals surface area contributed by atoms with Gasteiger partial charge in [-0.3, -0.25) is 33.9 Å². The minimum absolute atomic E-state index is 0.175. The van der Waals surface area contributed by atoms with Gasteiger partial charge in [0, 0.05) is 47.4 Å². The van der Waals surface area contributed by atoms with E-state index in [0.717, 1.165) is 52.3 Å². The minimum atomic E-state index is -0.914. The van der Waals surface area contributed by atoms with Crippen molar-refractivity contribution in [2.75, 3.05) is 28.2 Å². The quantitative estimate of drug-likeness (QED) is 0.146. The van der Waals surface area contributed by atoms with Gasteiger partial charge in [-0.2, -0.15) is 0 Å². The van der Waals surface area contributed by atoms with Crippen LogP contribution in [-0.2, 0) is 20.9 Å². The number of amides is 3. The van der Waals surface area contributed by atoms with E-state index < -0.39 is 50.4 Å². The molecule has 1 saturated heterocycles. The van der Waals surface area contributed by atoms with Crippen LogP contribution in [0.2, 0.25) is 0 Å². The number of nitrogens with zero attached hydrogens (tertiary/aromatic N) is 4. The molecule has 1 aromatic heterocycles. The number of halogens is 1. The molecule has 2 aliphatic rings. The SMILES string of the molecule is CCN(CC)c1ccc(C2c3sc(=O)n(CC(=O)Nc4ccc(F)cc4)c3SC3C(=O)N(c4ccc([N+](=O)[O-])cc4)C(=O)C32)cc1. The predicted molar refractivity (Wildman–Crippen MR) is 174 cm³/mol. The van der Waals surface area contributed by atoms with Crippen molar-refractivity contribution in [2.24, 2.45) is 5.92 Å². The summed E-state index contributed by atoms with van der Waals surface area (Å²) in [5.74, 6) is -3.48. The van der Waals surface area contributed by atoms with E-state index in [-0.39, 0.29) is 17.9 Å². The second-order valence-electron chi connectivity index (χ2n) is 10.8. The largest absolute Gasteiger partial charge is 0.372 e. The highest BCUT2D eigenvalue weighted by atomic mass is 32.2. The fraction of sp³-hybridized carbons (Fsp3) is 0.250. The lowest BCUT2D eigenvalue weighted by Gasteiger charge is -2.31. The minimum Gasteiger partial charge on any atom is -0.372 e. The zero-order chi connectivity index (χ0) is 32.7. The smallest absolute Gasteiger partial charge is 0.308 e. The number of thiazole rings is 1. The molecule has 6 rings (SSSR count). The molecular weight excluding hydrogens is 634 g/mol. The molecule has 2 aliphatic heterocycles. The average molecular weight is 662 g/mol. The molecule has 1 fully saturated rings. The third kappa shape index (κ3) is 5.58.